The highest BCUT2D eigenvalue weighted by Gasteiger charge is 2.69. The number of esters is 1. The number of carbonyl (C=O) groups excluding carboxylic acids is 2. The van der Waals surface area contributed by atoms with Crippen LogP contribution in [-0.2, 0) is 21.5 Å². The highest BCUT2D eigenvalue weighted by atomic mass is 35.5. The highest BCUT2D eigenvalue weighted by molar-refractivity contribution is 6.31. The second-order valence-electron chi connectivity index (χ2n) is 10.6. The summed E-state index contributed by atoms with van der Waals surface area (Å²) in [6.07, 6.45) is 1.40. The predicted octanol–water partition coefficient (Wildman–Crippen LogP) is 6.73. The molecule has 4 aromatic rings. The van der Waals surface area contributed by atoms with Gasteiger partial charge in [-0.05, 0) is 48.9 Å². The van der Waals surface area contributed by atoms with Gasteiger partial charge in [0.25, 0.3) is 0 Å². The molecule has 1 fully saturated rings. The third kappa shape index (κ3) is 3.63. The summed E-state index contributed by atoms with van der Waals surface area (Å²) in [5.41, 5.74) is 2.58. The summed E-state index contributed by atoms with van der Waals surface area (Å²) < 4.78 is 22.8. The van der Waals surface area contributed by atoms with Gasteiger partial charge in [-0.15, -0.1) is 0 Å². The Morgan fingerprint density at radius 1 is 1.20 bits per heavy atom. The largest absolute Gasteiger partial charge is 0.465 e. The van der Waals surface area contributed by atoms with E-state index in [9.17, 15) is 9.59 Å². The van der Waals surface area contributed by atoms with Gasteiger partial charge < -0.3 is 10.1 Å². The monoisotopic (exact) mass is 594 g/mol. The van der Waals surface area contributed by atoms with E-state index in [0.717, 1.165) is 23.1 Å². The summed E-state index contributed by atoms with van der Waals surface area (Å²) >= 11 is 12.7. The fraction of sp³-hybridized carbons (Fsp3) is 0.323. The lowest BCUT2D eigenvalue weighted by Crippen LogP contribution is -2.52. The van der Waals surface area contributed by atoms with Crippen LogP contribution < -0.4 is 5.32 Å². The zero-order chi connectivity index (χ0) is 27.9. The predicted molar refractivity (Wildman–Crippen MR) is 157 cm³/mol. The Bertz CT molecular complexity index is 1740. The minimum absolute atomic E-state index is 0. The highest BCUT2D eigenvalue weighted by Crippen LogP contribution is 2.63. The molecule has 4 atom stereocenters. The zero-order valence-electron chi connectivity index (χ0n) is 21.7. The van der Waals surface area contributed by atoms with Gasteiger partial charge in [0, 0.05) is 45.7 Å². The lowest BCUT2D eigenvalue weighted by molar-refractivity contribution is -0.127. The SMILES string of the molecule is C.CCCN1[C@H]2Cc3c4ccc(C(=O)OC)cc4nn3[C@H]2[C@H](c2cccc(Cl)c2F)[C@]12C(=O)Nc1cc(Cl)ccc12. The molecule has 1 spiro atoms. The summed E-state index contributed by atoms with van der Waals surface area (Å²) in [4.78, 5) is 28.7. The third-order valence-corrected chi connectivity index (χ3v) is 9.24. The number of amides is 1. The lowest BCUT2D eigenvalue weighted by Gasteiger charge is -2.40. The number of anilines is 1. The van der Waals surface area contributed by atoms with Gasteiger partial charge in [-0.25, -0.2) is 9.18 Å². The summed E-state index contributed by atoms with van der Waals surface area (Å²) in [5, 5.41) is 9.44. The summed E-state index contributed by atoms with van der Waals surface area (Å²) in [5.74, 6) is -1.86. The minimum atomic E-state index is -1.20. The normalized spacial score (nSPS) is 24.2. The molecule has 41 heavy (non-hydrogen) atoms. The summed E-state index contributed by atoms with van der Waals surface area (Å²) in [6.45, 7) is 2.69. The number of halogens is 3. The number of ether oxygens (including phenoxy) is 1. The van der Waals surface area contributed by atoms with E-state index in [1.54, 1.807) is 36.4 Å². The van der Waals surface area contributed by atoms with Crippen molar-refractivity contribution in [3.8, 4) is 0 Å². The fourth-order valence-electron chi connectivity index (χ4n) is 7.32. The van der Waals surface area contributed by atoms with Crippen LogP contribution in [0.1, 0.15) is 59.9 Å². The molecule has 212 valence electrons. The number of hydrogen-bond donors (Lipinski definition) is 1. The van der Waals surface area contributed by atoms with Gasteiger partial charge in [-0.3, -0.25) is 14.4 Å². The fourth-order valence-corrected chi connectivity index (χ4v) is 7.67. The van der Waals surface area contributed by atoms with E-state index in [-0.39, 0.29) is 30.4 Å². The number of likely N-dealkylation sites (tertiary alicyclic amines) is 1. The molecule has 1 amide bonds. The maximum atomic E-state index is 16.0. The van der Waals surface area contributed by atoms with Crippen molar-refractivity contribution >= 4 is 51.7 Å². The molecule has 1 aromatic heterocycles. The molecule has 0 radical (unpaired) electrons. The van der Waals surface area contributed by atoms with E-state index < -0.39 is 23.2 Å². The van der Waals surface area contributed by atoms with Gasteiger partial charge in [0.2, 0.25) is 5.91 Å². The topological polar surface area (TPSA) is 76.5 Å². The van der Waals surface area contributed by atoms with Crippen LogP contribution in [0, 0.1) is 5.82 Å². The molecule has 0 bridgehead atoms. The average Bonchev–Trinajstić information content (AvgIpc) is 3.63. The molecule has 0 unspecified atom stereocenters. The molecule has 3 aliphatic heterocycles. The zero-order valence-corrected chi connectivity index (χ0v) is 23.3. The van der Waals surface area contributed by atoms with Crippen LogP contribution in [0.25, 0.3) is 10.9 Å². The van der Waals surface area contributed by atoms with Gasteiger partial charge in [0.05, 0.1) is 29.3 Å². The Labute approximate surface area is 247 Å². The number of carbonyl (C=O) groups is 2. The smallest absolute Gasteiger partial charge is 0.337 e. The standard InChI is InChI=1S/C30H25Cl2FN4O3.CH4/c1-3-11-36-24-14-23-17-9-7-15(28(38)40-2)12-21(17)35-37(23)27(24)25(18-5-4-6-20(32)26(18)33)30(36)19-10-8-16(31)13-22(19)34-29(30)39;/h4-10,12-13,24-25,27H,3,11,14H2,1-2H3,(H,34,39);1H4/t24-,25-,27+,30+;/m0./s1. The molecule has 0 saturated carbocycles. The Kier molecular flexibility index (Phi) is 6.64. The minimum Gasteiger partial charge on any atom is -0.465 e. The number of hydrogen-bond acceptors (Lipinski definition) is 5. The molecular formula is C31H29Cl2FN4O3. The van der Waals surface area contributed by atoms with Crippen molar-refractivity contribution in [2.45, 2.75) is 50.7 Å². The van der Waals surface area contributed by atoms with E-state index in [0.29, 0.717) is 40.3 Å². The first-order valence-corrected chi connectivity index (χ1v) is 14.0. The molecule has 0 aliphatic carbocycles. The summed E-state index contributed by atoms with van der Waals surface area (Å²) in [7, 11) is 1.34. The second-order valence-corrected chi connectivity index (χ2v) is 11.4. The molecular weight excluding hydrogens is 566 g/mol. The number of fused-ring (bicyclic) bond motifs is 7. The first-order chi connectivity index (χ1) is 19.3. The third-order valence-electron chi connectivity index (χ3n) is 8.71. The Balaban J connectivity index is 0.00000302. The van der Waals surface area contributed by atoms with Crippen molar-refractivity contribution in [3.63, 3.8) is 0 Å². The van der Waals surface area contributed by atoms with Crippen molar-refractivity contribution in [2.75, 3.05) is 19.0 Å². The molecule has 7 nitrogen and oxygen atoms in total. The van der Waals surface area contributed by atoms with Crippen LogP contribution in [0.3, 0.4) is 0 Å². The van der Waals surface area contributed by atoms with E-state index in [4.69, 9.17) is 33.0 Å². The maximum absolute atomic E-state index is 16.0. The van der Waals surface area contributed by atoms with Gasteiger partial charge in [-0.2, -0.15) is 5.10 Å². The Hall–Kier alpha value is -3.46. The van der Waals surface area contributed by atoms with Crippen LogP contribution in [0.4, 0.5) is 10.1 Å². The van der Waals surface area contributed by atoms with Crippen LogP contribution in [0.5, 0.6) is 0 Å². The number of methoxy groups -OCH3 is 1. The van der Waals surface area contributed by atoms with Crippen LogP contribution in [0.2, 0.25) is 10.0 Å². The van der Waals surface area contributed by atoms with Crippen molar-refractivity contribution in [2.24, 2.45) is 0 Å². The number of rotatable bonds is 4. The van der Waals surface area contributed by atoms with Crippen molar-refractivity contribution < 1.29 is 18.7 Å². The average molecular weight is 596 g/mol. The van der Waals surface area contributed by atoms with E-state index >= 15 is 4.39 Å². The maximum Gasteiger partial charge on any atom is 0.337 e. The van der Waals surface area contributed by atoms with Gasteiger partial charge >= 0.3 is 5.97 Å². The van der Waals surface area contributed by atoms with E-state index in [1.165, 1.54) is 13.2 Å². The van der Waals surface area contributed by atoms with Crippen LogP contribution in [-0.4, -0.2) is 46.3 Å². The number of nitrogens with one attached hydrogen (secondary N) is 1. The number of benzene rings is 3. The molecule has 1 saturated heterocycles. The first-order valence-electron chi connectivity index (χ1n) is 13.2. The van der Waals surface area contributed by atoms with Crippen molar-refractivity contribution in [1.82, 2.24) is 14.7 Å². The van der Waals surface area contributed by atoms with Crippen LogP contribution >= 0.6 is 23.2 Å². The summed E-state index contributed by atoms with van der Waals surface area (Å²) in [6, 6.07) is 15.2. The van der Waals surface area contributed by atoms with Crippen LogP contribution in [0.15, 0.2) is 54.6 Å². The van der Waals surface area contributed by atoms with E-state index in [1.807, 2.05) is 16.8 Å². The van der Waals surface area contributed by atoms with E-state index in [2.05, 4.69) is 17.1 Å². The van der Waals surface area contributed by atoms with Crippen molar-refractivity contribution in [1.29, 1.82) is 0 Å². The molecule has 10 heteroatoms. The van der Waals surface area contributed by atoms with Gasteiger partial charge in [-0.1, -0.05) is 61.8 Å². The molecule has 3 aromatic carbocycles. The molecule has 4 heterocycles. The quantitative estimate of drug-likeness (QED) is 0.265. The Morgan fingerprint density at radius 3 is 2.76 bits per heavy atom. The van der Waals surface area contributed by atoms with Crippen molar-refractivity contribution in [3.05, 3.63) is 92.8 Å². The second kappa shape index (κ2) is 9.82. The first kappa shape index (κ1) is 27.7. The Morgan fingerprint density at radius 2 is 2.00 bits per heavy atom. The number of aromatic nitrogens is 2. The molecule has 1 N–H and O–H groups in total. The van der Waals surface area contributed by atoms with Gasteiger partial charge in [0.1, 0.15) is 11.4 Å². The lowest BCUT2D eigenvalue weighted by atomic mass is 9.73. The molecule has 7 rings (SSSR count). The number of nitrogens with zero attached hydrogens (tertiary/aromatic N) is 3. The molecule has 3 aliphatic rings. The van der Waals surface area contributed by atoms with Gasteiger partial charge in [0.15, 0.2) is 0 Å².